The first-order chi connectivity index (χ1) is 8.45. The molecule has 0 saturated carbocycles. The van der Waals surface area contributed by atoms with Crippen LogP contribution in [0.4, 0.5) is 0 Å². The summed E-state index contributed by atoms with van der Waals surface area (Å²) in [7, 11) is 0. The summed E-state index contributed by atoms with van der Waals surface area (Å²) in [6.45, 7) is 13.9. The average molecular weight is 249 g/mol. The maximum atomic E-state index is 6.14. The van der Waals surface area contributed by atoms with Gasteiger partial charge in [-0.3, -0.25) is 0 Å². The van der Waals surface area contributed by atoms with E-state index in [2.05, 4.69) is 65.1 Å². The van der Waals surface area contributed by atoms with Gasteiger partial charge in [0.25, 0.3) is 0 Å². The van der Waals surface area contributed by atoms with Crippen molar-refractivity contribution in [2.45, 2.75) is 59.6 Å². The Morgan fingerprint density at radius 1 is 1.17 bits per heavy atom. The highest BCUT2D eigenvalue weighted by molar-refractivity contribution is 5.39. The summed E-state index contributed by atoms with van der Waals surface area (Å²) in [5, 5.41) is 3.40. The number of ether oxygens (including phenoxy) is 1. The second kappa shape index (κ2) is 6.79. The van der Waals surface area contributed by atoms with E-state index in [9.17, 15) is 0 Å². The molecule has 0 spiro atoms. The van der Waals surface area contributed by atoms with Crippen molar-refractivity contribution in [2.75, 3.05) is 6.54 Å². The van der Waals surface area contributed by atoms with E-state index in [1.54, 1.807) is 0 Å². The van der Waals surface area contributed by atoms with Crippen molar-refractivity contribution in [3.05, 3.63) is 29.3 Å². The predicted molar refractivity (Wildman–Crippen MR) is 78.5 cm³/mol. The summed E-state index contributed by atoms with van der Waals surface area (Å²) < 4.78 is 6.14. The van der Waals surface area contributed by atoms with E-state index >= 15 is 0 Å². The van der Waals surface area contributed by atoms with Crippen LogP contribution in [0.2, 0.25) is 0 Å². The van der Waals surface area contributed by atoms with Crippen LogP contribution in [0, 0.1) is 6.92 Å². The van der Waals surface area contributed by atoms with Crippen molar-refractivity contribution in [3.63, 3.8) is 0 Å². The van der Waals surface area contributed by atoms with Gasteiger partial charge in [0.2, 0.25) is 0 Å². The molecule has 0 bridgehead atoms. The molecular formula is C16H27NO. The van der Waals surface area contributed by atoms with Crippen molar-refractivity contribution in [2.24, 2.45) is 0 Å². The molecule has 0 radical (unpaired) electrons. The topological polar surface area (TPSA) is 21.3 Å². The third kappa shape index (κ3) is 4.02. The fraction of sp³-hybridized carbons (Fsp3) is 0.625. The van der Waals surface area contributed by atoms with Gasteiger partial charge in [0.05, 0.1) is 0 Å². The summed E-state index contributed by atoms with van der Waals surface area (Å²) in [4.78, 5) is 0. The van der Waals surface area contributed by atoms with E-state index in [1.165, 1.54) is 11.1 Å². The van der Waals surface area contributed by atoms with Gasteiger partial charge >= 0.3 is 0 Å². The molecule has 1 rings (SSSR count). The molecule has 2 heteroatoms. The fourth-order valence-electron chi connectivity index (χ4n) is 2.01. The minimum atomic E-state index is 0.171. The Bertz CT molecular complexity index is 373. The molecule has 2 atom stereocenters. The maximum absolute atomic E-state index is 6.14. The molecule has 18 heavy (non-hydrogen) atoms. The minimum absolute atomic E-state index is 0.171. The Labute approximate surface area is 112 Å². The second-order valence-corrected chi connectivity index (χ2v) is 5.37. The molecule has 2 unspecified atom stereocenters. The fourth-order valence-corrected chi connectivity index (χ4v) is 2.01. The van der Waals surface area contributed by atoms with Crippen LogP contribution in [0.5, 0.6) is 5.75 Å². The van der Waals surface area contributed by atoms with Gasteiger partial charge in [-0.25, -0.2) is 0 Å². The van der Waals surface area contributed by atoms with E-state index in [1.807, 2.05) is 0 Å². The Morgan fingerprint density at radius 2 is 1.83 bits per heavy atom. The standard InChI is InChI=1S/C16H27NO/c1-7-17-13(5)14(6)18-16-10-12(4)8-9-15(16)11(2)3/h8-11,13-14,17H,7H2,1-6H3. The molecule has 0 amide bonds. The van der Waals surface area contributed by atoms with Crippen LogP contribution >= 0.6 is 0 Å². The van der Waals surface area contributed by atoms with Crippen LogP contribution in [0.25, 0.3) is 0 Å². The lowest BCUT2D eigenvalue weighted by Crippen LogP contribution is -2.38. The largest absolute Gasteiger partial charge is 0.489 e. The van der Waals surface area contributed by atoms with Gasteiger partial charge in [0, 0.05) is 6.04 Å². The zero-order valence-corrected chi connectivity index (χ0v) is 12.6. The van der Waals surface area contributed by atoms with Crippen molar-refractivity contribution < 1.29 is 4.74 Å². The molecule has 0 fully saturated rings. The van der Waals surface area contributed by atoms with Crippen LogP contribution in [0.15, 0.2) is 18.2 Å². The van der Waals surface area contributed by atoms with Crippen LogP contribution in [0.3, 0.4) is 0 Å². The van der Waals surface area contributed by atoms with Crippen LogP contribution in [0.1, 0.15) is 51.7 Å². The number of nitrogens with one attached hydrogen (secondary N) is 1. The van der Waals surface area contributed by atoms with Gasteiger partial charge in [0.1, 0.15) is 11.9 Å². The van der Waals surface area contributed by atoms with Crippen LogP contribution in [-0.2, 0) is 0 Å². The summed E-state index contributed by atoms with van der Waals surface area (Å²) in [6.07, 6.45) is 0.171. The van der Waals surface area contributed by atoms with Gasteiger partial charge in [-0.05, 0) is 50.4 Å². The Balaban J connectivity index is 2.85. The van der Waals surface area contributed by atoms with Gasteiger partial charge in [-0.15, -0.1) is 0 Å². The number of rotatable bonds is 6. The van der Waals surface area contributed by atoms with E-state index in [0.717, 1.165) is 12.3 Å². The minimum Gasteiger partial charge on any atom is -0.489 e. The van der Waals surface area contributed by atoms with Gasteiger partial charge < -0.3 is 10.1 Å². The normalized spacial score (nSPS) is 14.6. The van der Waals surface area contributed by atoms with E-state index in [4.69, 9.17) is 4.74 Å². The predicted octanol–water partition coefficient (Wildman–Crippen LogP) is 3.88. The molecule has 2 nitrogen and oxygen atoms in total. The van der Waals surface area contributed by atoms with Crippen molar-refractivity contribution in [1.29, 1.82) is 0 Å². The molecule has 0 aliphatic rings. The Morgan fingerprint density at radius 3 is 2.39 bits per heavy atom. The highest BCUT2D eigenvalue weighted by Gasteiger charge is 2.15. The molecular weight excluding hydrogens is 222 g/mol. The zero-order chi connectivity index (χ0) is 13.7. The number of benzene rings is 1. The SMILES string of the molecule is CCNC(C)C(C)Oc1cc(C)ccc1C(C)C. The molecule has 0 aliphatic heterocycles. The van der Waals surface area contributed by atoms with Gasteiger partial charge in [0.15, 0.2) is 0 Å². The number of aryl methyl sites for hydroxylation is 1. The first-order valence-corrected chi connectivity index (χ1v) is 6.96. The summed E-state index contributed by atoms with van der Waals surface area (Å²) in [6, 6.07) is 6.83. The van der Waals surface area contributed by atoms with Crippen LogP contribution in [-0.4, -0.2) is 18.7 Å². The van der Waals surface area contributed by atoms with Crippen molar-refractivity contribution in [3.8, 4) is 5.75 Å². The molecule has 0 aromatic heterocycles. The third-order valence-corrected chi connectivity index (χ3v) is 3.33. The summed E-state index contributed by atoms with van der Waals surface area (Å²) in [5.41, 5.74) is 2.54. The summed E-state index contributed by atoms with van der Waals surface area (Å²) in [5.74, 6) is 1.52. The molecule has 1 aromatic carbocycles. The Hall–Kier alpha value is -1.02. The molecule has 0 aliphatic carbocycles. The van der Waals surface area contributed by atoms with E-state index < -0.39 is 0 Å². The van der Waals surface area contributed by atoms with E-state index in [-0.39, 0.29) is 6.10 Å². The highest BCUT2D eigenvalue weighted by Crippen LogP contribution is 2.28. The van der Waals surface area contributed by atoms with Gasteiger partial charge in [-0.1, -0.05) is 32.9 Å². The quantitative estimate of drug-likeness (QED) is 0.826. The van der Waals surface area contributed by atoms with Crippen molar-refractivity contribution >= 4 is 0 Å². The lowest BCUT2D eigenvalue weighted by Gasteiger charge is -2.24. The number of hydrogen-bond donors (Lipinski definition) is 1. The molecule has 1 aromatic rings. The summed E-state index contributed by atoms with van der Waals surface area (Å²) >= 11 is 0. The Kier molecular flexibility index (Phi) is 5.67. The molecule has 1 N–H and O–H groups in total. The van der Waals surface area contributed by atoms with E-state index in [0.29, 0.717) is 12.0 Å². The van der Waals surface area contributed by atoms with Gasteiger partial charge in [-0.2, -0.15) is 0 Å². The smallest absolute Gasteiger partial charge is 0.123 e. The molecule has 0 saturated heterocycles. The zero-order valence-electron chi connectivity index (χ0n) is 12.6. The maximum Gasteiger partial charge on any atom is 0.123 e. The molecule has 0 heterocycles. The first kappa shape index (κ1) is 15.0. The molecule has 102 valence electrons. The van der Waals surface area contributed by atoms with Crippen molar-refractivity contribution in [1.82, 2.24) is 5.32 Å². The number of hydrogen-bond acceptors (Lipinski definition) is 2. The average Bonchev–Trinajstić information content (AvgIpc) is 2.28. The second-order valence-electron chi connectivity index (χ2n) is 5.37. The third-order valence-electron chi connectivity index (χ3n) is 3.33. The lowest BCUT2D eigenvalue weighted by molar-refractivity contribution is 0.177. The highest BCUT2D eigenvalue weighted by atomic mass is 16.5. The lowest BCUT2D eigenvalue weighted by atomic mass is 10.0. The monoisotopic (exact) mass is 249 g/mol. The number of likely N-dealkylation sites (N-methyl/N-ethyl adjacent to an activating group) is 1. The van der Waals surface area contributed by atoms with Crippen LogP contribution < -0.4 is 10.1 Å². The first-order valence-electron chi connectivity index (χ1n) is 6.96.